The van der Waals surface area contributed by atoms with Gasteiger partial charge in [0.1, 0.15) is 6.04 Å². The van der Waals surface area contributed by atoms with Gasteiger partial charge in [-0.05, 0) is 25.0 Å². The zero-order valence-electron chi connectivity index (χ0n) is 11.1. The Bertz CT molecular complexity index is 539. The van der Waals surface area contributed by atoms with E-state index in [0.29, 0.717) is 12.0 Å². The Kier molecular flexibility index (Phi) is 5.50. The summed E-state index contributed by atoms with van der Waals surface area (Å²) in [6.07, 6.45) is 1.76. The van der Waals surface area contributed by atoms with Crippen LogP contribution in [0.1, 0.15) is 31.7 Å². The number of carboxylic acids is 1. The molecule has 0 fully saturated rings. The van der Waals surface area contributed by atoms with Crippen molar-refractivity contribution in [2.45, 2.75) is 44.0 Å². The third-order valence-corrected chi connectivity index (χ3v) is 4.46. The largest absolute Gasteiger partial charge is 0.480 e. The van der Waals surface area contributed by atoms with Crippen LogP contribution in [0.25, 0.3) is 0 Å². The molecular weight excluding hydrogens is 266 g/mol. The molecule has 0 radical (unpaired) electrons. The van der Waals surface area contributed by atoms with Crippen LogP contribution < -0.4 is 4.72 Å². The summed E-state index contributed by atoms with van der Waals surface area (Å²) in [7, 11) is -3.80. The maximum atomic E-state index is 12.2. The molecule has 1 unspecified atom stereocenters. The SMILES string of the molecule is CCCCC(NS(=O)(=O)c1ccccc1C)C(=O)O. The number of hydrogen-bond donors (Lipinski definition) is 2. The van der Waals surface area contributed by atoms with Gasteiger partial charge in [0.2, 0.25) is 10.0 Å². The van der Waals surface area contributed by atoms with Gasteiger partial charge in [-0.2, -0.15) is 4.72 Å². The van der Waals surface area contributed by atoms with Gasteiger partial charge >= 0.3 is 5.97 Å². The van der Waals surface area contributed by atoms with Crippen LogP contribution >= 0.6 is 0 Å². The summed E-state index contributed by atoms with van der Waals surface area (Å²) in [4.78, 5) is 11.2. The quantitative estimate of drug-likeness (QED) is 0.801. The number of unbranched alkanes of at least 4 members (excludes halogenated alkanes) is 1. The van der Waals surface area contributed by atoms with Crippen molar-refractivity contribution in [3.05, 3.63) is 29.8 Å². The van der Waals surface area contributed by atoms with E-state index in [-0.39, 0.29) is 11.3 Å². The van der Waals surface area contributed by atoms with Gasteiger partial charge in [-0.3, -0.25) is 4.79 Å². The van der Waals surface area contributed by atoms with E-state index in [9.17, 15) is 13.2 Å². The molecule has 6 heteroatoms. The van der Waals surface area contributed by atoms with Crippen LogP contribution in [0.15, 0.2) is 29.2 Å². The molecule has 5 nitrogen and oxygen atoms in total. The van der Waals surface area contributed by atoms with Crippen molar-refractivity contribution in [3.8, 4) is 0 Å². The standard InChI is InChI=1S/C13H19NO4S/c1-3-4-8-11(13(15)16)14-19(17,18)12-9-6-5-7-10(12)2/h5-7,9,11,14H,3-4,8H2,1-2H3,(H,15,16). The highest BCUT2D eigenvalue weighted by atomic mass is 32.2. The van der Waals surface area contributed by atoms with Crippen LogP contribution in [0.5, 0.6) is 0 Å². The van der Waals surface area contributed by atoms with Gasteiger partial charge in [0.05, 0.1) is 4.90 Å². The average Bonchev–Trinajstić information content (AvgIpc) is 2.34. The van der Waals surface area contributed by atoms with Gasteiger partial charge in [-0.1, -0.05) is 38.0 Å². The van der Waals surface area contributed by atoms with E-state index in [0.717, 1.165) is 6.42 Å². The van der Waals surface area contributed by atoms with E-state index in [2.05, 4.69) is 4.72 Å². The molecule has 0 saturated carbocycles. The summed E-state index contributed by atoms with van der Waals surface area (Å²) in [5, 5.41) is 9.05. The highest BCUT2D eigenvalue weighted by Crippen LogP contribution is 2.15. The maximum Gasteiger partial charge on any atom is 0.321 e. The van der Waals surface area contributed by atoms with Gasteiger partial charge in [-0.25, -0.2) is 8.42 Å². The minimum absolute atomic E-state index is 0.123. The molecule has 1 aromatic rings. The molecule has 0 amide bonds. The Balaban J connectivity index is 2.95. The summed E-state index contributed by atoms with van der Waals surface area (Å²) < 4.78 is 26.6. The lowest BCUT2D eigenvalue weighted by atomic mass is 10.1. The predicted octanol–water partition coefficient (Wildman–Crippen LogP) is 1.92. The molecule has 1 rings (SSSR count). The fourth-order valence-electron chi connectivity index (χ4n) is 1.75. The number of nitrogens with one attached hydrogen (secondary N) is 1. The van der Waals surface area contributed by atoms with Gasteiger partial charge in [0.25, 0.3) is 0 Å². The molecule has 0 heterocycles. The van der Waals surface area contributed by atoms with Crippen molar-refractivity contribution >= 4 is 16.0 Å². The molecule has 1 atom stereocenters. The minimum Gasteiger partial charge on any atom is -0.480 e. The van der Waals surface area contributed by atoms with Gasteiger partial charge in [-0.15, -0.1) is 0 Å². The Labute approximate surface area is 113 Å². The third kappa shape index (κ3) is 4.33. The van der Waals surface area contributed by atoms with Crippen molar-refractivity contribution in [2.75, 3.05) is 0 Å². The Morgan fingerprint density at radius 2 is 2.00 bits per heavy atom. The second kappa shape index (κ2) is 6.68. The summed E-state index contributed by atoms with van der Waals surface area (Å²) in [6.45, 7) is 3.60. The number of benzene rings is 1. The molecule has 1 aromatic carbocycles. The van der Waals surface area contributed by atoms with Crippen molar-refractivity contribution < 1.29 is 18.3 Å². The van der Waals surface area contributed by atoms with Crippen molar-refractivity contribution in [3.63, 3.8) is 0 Å². The van der Waals surface area contributed by atoms with E-state index in [4.69, 9.17) is 5.11 Å². The van der Waals surface area contributed by atoms with Gasteiger partial charge in [0.15, 0.2) is 0 Å². The van der Waals surface area contributed by atoms with Crippen LogP contribution in [0, 0.1) is 6.92 Å². The number of aliphatic carboxylic acids is 1. The maximum absolute atomic E-state index is 12.2. The molecule has 106 valence electrons. The van der Waals surface area contributed by atoms with Gasteiger partial charge in [0, 0.05) is 0 Å². The number of rotatable bonds is 7. The fourth-order valence-corrected chi connectivity index (χ4v) is 3.22. The Morgan fingerprint density at radius 1 is 1.37 bits per heavy atom. The van der Waals surface area contributed by atoms with E-state index in [1.54, 1.807) is 25.1 Å². The van der Waals surface area contributed by atoms with Crippen molar-refractivity contribution in [1.29, 1.82) is 0 Å². The molecule has 0 saturated heterocycles. The van der Waals surface area contributed by atoms with E-state index in [1.165, 1.54) is 6.07 Å². The molecule has 19 heavy (non-hydrogen) atoms. The lowest BCUT2D eigenvalue weighted by Crippen LogP contribution is -2.40. The molecule has 0 aliphatic carbocycles. The second-order valence-corrected chi connectivity index (χ2v) is 6.10. The topological polar surface area (TPSA) is 83.5 Å². The second-order valence-electron chi connectivity index (χ2n) is 4.42. The molecule has 0 aliphatic rings. The first kappa shape index (κ1) is 15.7. The Morgan fingerprint density at radius 3 is 2.53 bits per heavy atom. The minimum atomic E-state index is -3.80. The molecule has 0 aromatic heterocycles. The number of carboxylic acid groups (broad SMARTS) is 1. The molecular formula is C13H19NO4S. The van der Waals surface area contributed by atoms with Crippen molar-refractivity contribution in [2.24, 2.45) is 0 Å². The van der Waals surface area contributed by atoms with Crippen LogP contribution in [0.4, 0.5) is 0 Å². The number of carbonyl (C=O) groups is 1. The van der Waals surface area contributed by atoms with E-state index >= 15 is 0 Å². The average molecular weight is 285 g/mol. The third-order valence-electron chi connectivity index (χ3n) is 2.82. The van der Waals surface area contributed by atoms with E-state index < -0.39 is 22.0 Å². The first-order valence-corrected chi connectivity index (χ1v) is 7.67. The first-order chi connectivity index (χ1) is 8.88. The highest BCUT2D eigenvalue weighted by Gasteiger charge is 2.25. The van der Waals surface area contributed by atoms with Crippen LogP contribution in [-0.4, -0.2) is 25.5 Å². The summed E-state index contributed by atoms with van der Waals surface area (Å²) >= 11 is 0. The Hall–Kier alpha value is -1.40. The predicted molar refractivity (Wildman–Crippen MR) is 72.4 cm³/mol. The normalized spacial score (nSPS) is 13.2. The number of sulfonamides is 1. The number of aryl methyl sites for hydroxylation is 1. The fraction of sp³-hybridized carbons (Fsp3) is 0.462. The smallest absolute Gasteiger partial charge is 0.321 e. The van der Waals surface area contributed by atoms with E-state index in [1.807, 2.05) is 6.92 Å². The molecule has 0 bridgehead atoms. The van der Waals surface area contributed by atoms with Crippen LogP contribution in [0.2, 0.25) is 0 Å². The lowest BCUT2D eigenvalue weighted by Gasteiger charge is -2.15. The number of hydrogen-bond acceptors (Lipinski definition) is 3. The molecule has 0 spiro atoms. The van der Waals surface area contributed by atoms with Crippen LogP contribution in [-0.2, 0) is 14.8 Å². The first-order valence-electron chi connectivity index (χ1n) is 6.19. The zero-order chi connectivity index (χ0) is 14.5. The summed E-state index contributed by atoms with van der Waals surface area (Å²) in [6, 6.07) is 5.42. The van der Waals surface area contributed by atoms with Crippen molar-refractivity contribution in [1.82, 2.24) is 4.72 Å². The zero-order valence-corrected chi connectivity index (χ0v) is 11.9. The van der Waals surface area contributed by atoms with Gasteiger partial charge < -0.3 is 5.11 Å². The monoisotopic (exact) mass is 285 g/mol. The summed E-state index contributed by atoms with van der Waals surface area (Å²) in [5.74, 6) is -1.15. The lowest BCUT2D eigenvalue weighted by molar-refractivity contribution is -0.139. The molecule has 2 N–H and O–H groups in total. The van der Waals surface area contributed by atoms with Crippen LogP contribution in [0.3, 0.4) is 0 Å². The summed E-state index contributed by atoms with van der Waals surface area (Å²) in [5.41, 5.74) is 0.592. The highest BCUT2D eigenvalue weighted by molar-refractivity contribution is 7.89. The molecule has 0 aliphatic heterocycles.